The first kappa shape index (κ1) is 20.9. The number of benzene rings is 5. The first-order valence-electron chi connectivity index (χ1n) is 11.7. The van der Waals surface area contributed by atoms with E-state index in [1.54, 1.807) is 0 Å². The van der Waals surface area contributed by atoms with E-state index < -0.39 is 0 Å². The zero-order valence-electron chi connectivity index (χ0n) is 19.2. The van der Waals surface area contributed by atoms with Crippen LogP contribution in [0.4, 0.5) is 17.1 Å². The molecule has 2 heteroatoms. The smallest absolute Gasteiger partial charge is 0.0601 e. The molecule has 0 bridgehead atoms. The summed E-state index contributed by atoms with van der Waals surface area (Å²) in [6, 6.07) is 51.6. The van der Waals surface area contributed by atoms with Crippen molar-refractivity contribution < 1.29 is 0 Å². The molecule has 0 aliphatic carbocycles. The number of hydrogen-bond acceptors (Lipinski definition) is 2. The molecular formula is C33H23N2-. The van der Waals surface area contributed by atoms with E-state index in [4.69, 9.17) is 4.98 Å². The van der Waals surface area contributed by atoms with Crippen LogP contribution in [0.3, 0.4) is 0 Å². The van der Waals surface area contributed by atoms with Crippen molar-refractivity contribution in [3.05, 3.63) is 146 Å². The van der Waals surface area contributed by atoms with Crippen molar-refractivity contribution in [3.63, 3.8) is 0 Å². The molecule has 166 valence electrons. The Labute approximate surface area is 205 Å². The summed E-state index contributed by atoms with van der Waals surface area (Å²) < 4.78 is 0. The Hall–Kier alpha value is -4.69. The Morgan fingerprint density at radius 1 is 0.543 bits per heavy atom. The van der Waals surface area contributed by atoms with Gasteiger partial charge in [-0.25, -0.2) is 0 Å². The molecule has 0 N–H and O–H groups in total. The molecule has 0 radical (unpaired) electrons. The van der Waals surface area contributed by atoms with Crippen molar-refractivity contribution in [2.45, 2.75) is 0 Å². The molecule has 0 unspecified atom stereocenters. The largest absolute Gasteiger partial charge is 0.352 e. The van der Waals surface area contributed by atoms with E-state index in [1.165, 1.54) is 11.1 Å². The summed E-state index contributed by atoms with van der Waals surface area (Å²) in [6.07, 6.45) is 0. The molecule has 0 aliphatic heterocycles. The highest BCUT2D eigenvalue weighted by Gasteiger charge is 2.09. The molecule has 1 aromatic heterocycles. The highest BCUT2D eigenvalue weighted by molar-refractivity contribution is 5.96. The lowest BCUT2D eigenvalue weighted by atomic mass is 9.98. The van der Waals surface area contributed by atoms with Crippen LogP contribution in [0.2, 0.25) is 0 Å². The van der Waals surface area contributed by atoms with E-state index >= 15 is 0 Å². The van der Waals surface area contributed by atoms with Crippen molar-refractivity contribution in [1.29, 1.82) is 0 Å². The standard InChI is InChI=1S/C33H23N2/c1-4-12-25(13-5-1)31-24-33(34-32-19-11-10-18-30(31)32)26-20-22-29(23-21-26)35(27-14-6-2-7-15-27)28-16-8-3-9-17-28/h1-20,22-24H/q-1. The fraction of sp³-hybridized carbons (Fsp3) is 0. The van der Waals surface area contributed by atoms with Gasteiger partial charge in [-0.05, 0) is 52.8 Å². The lowest BCUT2D eigenvalue weighted by molar-refractivity contribution is 1.28. The number of nitrogens with zero attached hydrogens (tertiary/aromatic N) is 2. The van der Waals surface area contributed by atoms with Crippen molar-refractivity contribution in [3.8, 4) is 22.4 Å². The fourth-order valence-corrected chi connectivity index (χ4v) is 4.49. The minimum atomic E-state index is 0.917. The van der Waals surface area contributed by atoms with Gasteiger partial charge in [0.1, 0.15) is 0 Å². The molecule has 5 aromatic carbocycles. The Kier molecular flexibility index (Phi) is 5.54. The number of hydrogen-bond donors (Lipinski definition) is 0. The molecule has 0 aliphatic rings. The molecule has 0 amide bonds. The Morgan fingerprint density at radius 3 is 1.77 bits per heavy atom. The number of anilines is 3. The van der Waals surface area contributed by atoms with Gasteiger partial charge in [-0.3, -0.25) is 4.98 Å². The maximum Gasteiger partial charge on any atom is 0.0601 e. The zero-order valence-corrected chi connectivity index (χ0v) is 19.2. The average Bonchev–Trinajstić information content (AvgIpc) is 2.95. The molecule has 0 spiro atoms. The van der Waals surface area contributed by atoms with Crippen LogP contribution in [0, 0.1) is 6.07 Å². The van der Waals surface area contributed by atoms with Gasteiger partial charge >= 0.3 is 0 Å². The van der Waals surface area contributed by atoms with Crippen LogP contribution in [0.15, 0.2) is 140 Å². The SMILES string of the molecule is [c-]1cc(N(c2ccccc2)c2ccccc2)ccc1-c1cc(-c2ccccc2)c2ccccc2n1. The third kappa shape index (κ3) is 4.18. The number of pyridine rings is 1. The highest BCUT2D eigenvalue weighted by atomic mass is 15.1. The van der Waals surface area contributed by atoms with Crippen LogP contribution in [0.1, 0.15) is 0 Å². The summed E-state index contributed by atoms with van der Waals surface area (Å²) in [4.78, 5) is 7.22. The maximum atomic E-state index is 4.98. The van der Waals surface area contributed by atoms with Gasteiger partial charge in [0.05, 0.1) is 5.52 Å². The molecule has 35 heavy (non-hydrogen) atoms. The lowest BCUT2D eigenvalue weighted by Crippen LogP contribution is -2.09. The van der Waals surface area contributed by atoms with Gasteiger partial charge < -0.3 is 4.90 Å². The predicted octanol–water partition coefficient (Wildman–Crippen LogP) is 8.84. The van der Waals surface area contributed by atoms with E-state index in [-0.39, 0.29) is 0 Å². The Bertz CT molecular complexity index is 1520. The summed E-state index contributed by atoms with van der Waals surface area (Å²) in [5, 5.41) is 1.15. The van der Waals surface area contributed by atoms with E-state index in [0.717, 1.165) is 39.2 Å². The Balaban J connectivity index is 1.44. The summed E-state index contributed by atoms with van der Waals surface area (Å²) in [5.74, 6) is 0. The van der Waals surface area contributed by atoms with Gasteiger partial charge in [-0.1, -0.05) is 91.0 Å². The number of para-hydroxylation sites is 3. The third-order valence-electron chi connectivity index (χ3n) is 6.16. The van der Waals surface area contributed by atoms with E-state index in [9.17, 15) is 0 Å². The fourth-order valence-electron chi connectivity index (χ4n) is 4.49. The van der Waals surface area contributed by atoms with Crippen LogP contribution >= 0.6 is 0 Å². The summed E-state index contributed by atoms with van der Waals surface area (Å²) >= 11 is 0. The van der Waals surface area contributed by atoms with Gasteiger partial charge in [0.25, 0.3) is 0 Å². The zero-order chi connectivity index (χ0) is 23.5. The second-order valence-corrected chi connectivity index (χ2v) is 8.41. The van der Waals surface area contributed by atoms with Crippen LogP contribution in [0.25, 0.3) is 33.3 Å². The van der Waals surface area contributed by atoms with Gasteiger partial charge in [-0.2, -0.15) is 0 Å². The molecule has 6 aromatic rings. The number of rotatable bonds is 5. The minimum absolute atomic E-state index is 0.917. The molecule has 0 atom stereocenters. The van der Waals surface area contributed by atoms with Gasteiger partial charge in [0.2, 0.25) is 0 Å². The molecule has 0 saturated carbocycles. The van der Waals surface area contributed by atoms with Gasteiger partial charge in [0, 0.05) is 16.8 Å². The molecule has 2 nitrogen and oxygen atoms in total. The normalized spacial score (nSPS) is 10.9. The number of fused-ring (bicyclic) bond motifs is 1. The Morgan fingerprint density at radius 2 is 1.14 bits per heavy atom. The minimum Gasteiger partial charge on any atom is -0.352 e. The van der Waals surface area contributed by atoms with Crippen molar-refractivity contribution in [1.82, 2.24) is 4.98 Å². The second-order valence-electron chi connectivity index (χ2n) is 8.41. The monoisotopic (exact) mass is 447 g/mol. The maximum absolute atomic E-state index is 4.98. The summed E-state index contributed by atoms with van der Waals surface area (Å²) in [5.41, 5.74) is 8.50. The van der Waals surface area contributed by atoms with Crippen LogP contribution in [-0.2, 0) is 0 Å². The second kappa shape index (κ2) is 9.28. The number of aromatic nitrogens is 1. The van der Waals surface area contributed by atoms with Crippen molar-refractivity contribution >= 4 is 28.0 Å². The quantitative estimate of drug-likeness (QED) is 0.245. The van der Waals surface area contributed by atoms with E-state index in [0.29, 0.717) is 0 Å². The van der Waals surface area contributed by atoms with Gasteiger partial charge in [0.15, 0.2) is 0 Å². The predicted molar refractivity (Wildman–Crippen MR) is 146 cm³/mol. The van der Waals surface area contributed by atoms with Gasteiger partial charge in [-0.15, -0.1) is 29.8 Å². The van der Waals surface area contributed by atoms with Crippen molar-refractivity contribution in [2.75, 3.05) is 4.90 Å². The van der Waals surface area contributed by atoms with E-state index in [1.807, 2.05) is 30.3 Å². The van der Waals surface area contributed by atoms with Crippen LogP contribution in [0.5, 0.6) is 0 Å². The topological polar surface area (TPSA) is 16.1 Å². The van der Waals surface area contributed by atoms with Crippen molar-refractivity contribution in [2.24, 2.45) is 0 Å². The van der Waals surface area contributed by atoms with Crippen LogP contribution < -0.4 is 4.90 Å². The third-order valence-corrected chi connectivity index (χ3v) is 6.16. The molecule has 0 saturated heterocycles. The average molecular weight is 448 g/mol. The highest BCUT2D eigenvalue weighted by Crippen LogP contribution is 2.36. The van der Waals surface area contributed by atoms with Crippen LogP contribution in [-0.4, -0.2) is 4.98 Å². The first-order valence-corrected chi connectivity index (χ1v) is 11.7. The first-order chi connectivity index (χ1) is 17.4. The summed E-state index contributed by atoms with van der Waals surface area (Å²) in [6.45, 7) is 0. The van der Waals surface area contributed by atoms with E-state index in [2.05, 4.69) is 120 Å². The summed E-state index contributed by atoms with van der Waals surface area (Å²) in [7, 11) is 0. The molecule has 6 rings (SSSR count). The molecular weight excluding hydrogens is 424 g/mol. The molecule has 1 heterocycles. The molecule has 0 fully saturated rings. The lowest BCUT2D eigenvalue weighted by Gasteiger charge is -2.29.